The van der Waals surface area contributed by atoms with Crippen molar-refractivity contribution in [2.75, 3.05) is 4.72 Å². The molecule has 0 aliphatic carbocycles. The molecule has 0 amide bonds. The molecule has 0 aliphatic rings. The Morgan fingerprint density at radius 2 is 1.78 bits per heavy atom. The molecule has 0 unspecified atom stereocenters. The molecule has 2 N–H and O–H groups in total. The number of carboxylic acid groups (broad SMARTS) is 1. The minimum Gasteiger partial charge on any atom is -0.478 e. The van der Waals surface area contributed by atoms with Crippen LogP contribution in [0.2, 0.25) is 0 Å². The smallest absolute Gasteiger partial charge is 0.338 e. The first-order valence-corrected chi connectivity index (χ1v) is 7.81. The van der Waals surface area contributed by atoms with Gasteiger partial charge in [0.1, 0.15) is 5.69 Å². The zero-order valence-electron chi connectivity index (χ0n) is 11.9. The lowest BCUT2D eigenvalue weighted by Gasteiger charge is -2.11. The number of carbonyl (C=O) groups is 1. The number of nitrogens with one attached hydrogen (secondary N) is 1. The Bertz CT molecular complexity index is 842. The van der Waals surface area contributed by atoms with Gasteiger partial charge >= 0.3 is 5.97 Å². The van der Waals surface area contributed by atoms with E-state index in [0.29, 0.717) is 0 Å². The normalized spacial score (nSPS) is 11.0. The highest BCUT2D eigenvalue weighted by atomic mass is 32.2. The molecule has 0 fully saturated rings. The summed E-state index contributed by atoms with van der Waals surface area (Å²) >= 11 is 0. The maximum absolute atomic E-state index is 12.3. The standard InChI is InChI=1S/C14H12N2O6S/c1-9-5-7-10(8-6-9)23(21,22)15-13-11(14(17)18)3-2-4-12(13)16(19)20/h2-8,15H,1H3,(H,17,18). The van der Waals surface area contributed by atoms with Crippen molar-refractivity contribution in [2.45, 2.75) is 11.8 Å². The number of nitro benzene ring substituents is 1. The number of nitro groups is 1. The minimum absolute atomic E-state index is 0.127. The van der Waals surface area contributed by atoms with Gasteiger partial charge in [-0.05, 0) is 25.1 Å². The SMILES string of the molecule is Cc1ccc(S(=O)(=O)Nc2c(C(=O)O)cccc2[N+](=O)[O-])cc1. The van der Waals surface area contributed by atoms with Crippen molar-refractivity contribution in [1.82, 2.24) is 0 Å². The van der Waals surface area contributed by atoms with E-state index < -0.39 is 37.9 Å². The second-order valence-corrected chi connectivity index (χ2v) is 6.36. The Balaban J connectivity index is 2.56. The predicted octanol–water partition coefficient (Wildman–Crippen LogP) is 2.40. The molecule has 2 aromatic rings. The van der Waals surface area contributed by atoms with Crippen LogP contribution in [0.4, 0.5) is 11.4 Å². The molecule has 0 aliphatic heterocycles. The lowest BCUT2D eigenvalue weighted by Crippen LogP contribution is -2.17. The quantitative estimate of drug-likeness (QED) is 0.637. The van der Waals surface area contributed by atoms with E-state index in [-0.39, 0.29) is 4.90 Å². The van der Waals surface area contributed by atoms with Crippen LogP contribution in [0.3, 0.4) is 0 Å². The third-order valence-electron chi connectivity index (χ3n) is 3.04. The summed E-state index contributed by atoms with van der Waals surface area (Å²) in [5.74, 6) is -1.48. The average molecular weight is 336 g/mol. The monoisotopic (exact) mass is 336 g/mol. The van der Waals surface area contributed by atoms with Crippen molar-refractivity contribution < 1.29 is 23.2 Å². The summed E-state index contributed by atoms with van der Waals surface area (Å²) in [6, 6.07) is 9.06. The molecule has 0 saturated carbocycles. The molecule has 0 aromatic heterocycles. The summed E-state index contributed by atoms with van der Waals surface area (Å²) in [7, 11) is -4.16. The summed E-state index contributed by atoms with van der Waals surface area (Å²) in [5, 5.41) is 20.2. The number of aromatic carboxylic acids is 1. The van der Waals surface area contributed by atoms with E-state index in [4.69, 9.17) is 5.11 Å². The Morgan fingerprint density at radius 1 is 1.17 bits per heavy atom. The number of para-hydroxylation sites is 1. The number of anilines is 1. The highest BCUT2D eigenvalue weighted by Gasteiger charge is 2.26. The zero-order valence-corrected chi connectivity index (χ0v) is 12.7. The van der Waals surface area contributed by atoms with Gasteiger partial charge in [-0.25, -0.2) is 13.2 Å². The summed E-state index contributed by atoms with van der Waals surface area (Å²) in [6.07, 6.45) is 0. The maximum Gasteiger partial charge on any atom is 0.338 e. The number of hydrogen-bond acceptors (Lipinski definition) is 5. The van der Waals surface area contributed by atoms with Crippen molar-refractivity contribution >= 4 is 27.4 Å². The van der Waals surface area contributed by atoms with E-state index in [1.54, 1.807) is 19.1 Å². The molecule has 0 bridgehead atoms. The fourth-order valence-corrected chi connectivity index (χ4v) is 2.98. The highest BCUT2D eigenvalue weighted by molar-refractivity contribution is 7.92. The van der Waals surface area contributed by atoms with E-state index in [1.165, 1.54) is 18.2 Å². The van der Waals surface area contributed by atoms with Crippen LogP contribution < -0.4 is 4.72 Å². The van der Waals surface area contributed by atoms with Gasteiger partial charge in [-0.2, -0.15) is 0 Å². The zero-order chi connectivity index (χ0) is 17.2. The van der Waals surface area contributed by atoms with Gasteiger partial charge in [0.05, 0.1) is 15.4 Å². The van der Waals surface area contributed by atoms with Crippen LogP contribution in [0, 0.1) is 17.0 Å². The topological polar surface area (TPSA) is 127 Å². The van der Waals surface area contributed by atoms with Crippen molar-refractivity contribution in [3.63, 3.8) is 0 Å². The van der Waals surface area contributed by atoms with Crippen molar-refractivity contribution in [2.24, 2.45) is 0 Å². The Morgan fingerprint density at radius 3 is 2.30 bits per heavy atom. The summed E-state index contributed by atoms with van der Waals surface area (Å²) in [4.78, 5) is 21.3. The molecule has 23 heavy (non-hydrogen) atoms. The number of rotatable bonds is 5. The van der Waals surface area contributed by atoms with Crippen LogP contribution in [0.5, 0.6) is 0 Å². The van der Waals surface area contributed by atoms with E-state index >= 15 is 0 Å². The van der Waals surface area contributed by atoms with Gasteiger partial charge in [0.2, 0.25) is 0 Å². The van der Waals surface area contributed by atoms with Crippen LogP contribution >= 0.6 is 0 Å². The first-order valence-electron chi connectivity index (χ1n) is 6.32. The Labute approximate surface area is 131 Å². The molecule has 0 saturated heterocycles. The van der Waals surface area contributed by atoms with E-state index in [9.17, 15) is 23.3 Å². The van der Waals surface area contributed by atoms with E-state index in [1.807, 2.05) is 4.72 Å². The molecular formula is C14H12N2O6S. The number of sulfonamides is 1. The molecular weight excluding hydrogens is 324 g/mol. The average Bonchev–Trinajstić information content (AvgIpc) is 2.47. The van der Waals surface area contributed by atoms with Crippen molar-refractivity contribution in [1.29, 1.82) is 0 Å². The van der Waals surface area contributed by atoms with Crippen LogP contribution in [-0.2, 0) is 10.0 Å². The third kappa shape index (κ3) is 3.46. The fraction of sp³-hybridized carbons (Fsp3) is 0.0714. The van der Waals surface area contributed by atoms with Crippen LogP contribution in [0.15, 0.2) is 47.4 Å². The van der Waals surface area contributed by atoms with Gasteiger partial charge in [-0.15, -0.1) is 0 Å². The molecule has 0 heterocycles. The van der Waals surface area contributed by atoms with Gasteiger partial charge < -0.3 is 5.11 Å². The molecule has 2 rings (SSSR count). The Kier molecular flexibility index (Phi) is 4.32. The van der Waals surface area contributed by atoms with Crippen molar-refractivity contribution in [3.8, 4) is 0 Å². The predicted molar refractivity (Wildman–Crippen MR) is 82.0 cm³/mol. The van der Waals surface area contributed by atoms with Gasteiger partial charge in [0, 0.05) is 6.07 Å². The number of carboxylic acids is 1. The summed E-state index contributed by atoms with van der Waals surface area (Å²) in [5.41, 5.74) is -0.887. The van der Waals surface area contributed by atoms with Gasteiger partial charge in [0.15, 0.2) is 0 Å². The van der Waals surface area contributed by atoms with Crippen LogP contribution in [-0.4, -0.2) is 24.4 Å². The van der Waals surface area contributed by atoms with Crippen molar-refractivity contribution in [3.05, 3.63) is 63.7 Å². The molecule has 120 valence electrons. The fourth-order valence-electron chi connectivity index (χ4n) is 1.89. The number of nitrogens with zero attached hydrogens (tertiary/aromatic N) is 1. The van der Waals surface area contributed by atoms with Gasteiger partial charge in [-0.3, -0.25) is 14.8 Å². The molecule has 9 heteroatoms. The third-order valence-corrected chi connectivity index (χ3v) is 4.40. The largest absolute Gasteiger partial charge is 0.478 e. The number of hydrogen-bond donors (Lipinski definition) is 2. The summed E-state index contributed by atoms with van der Waals surface area (Å²) < 4.78 is 26.7. The molecule has 0 spiro atoms. The second-order valence-electron chi connectivity index (χ2n) is 4.68. The maximum atomic E-state index is 12.3. The number of benzene rings is 2. The molecule has 2 aromatic carbocycles. The van der Waals surface area contributed by atoms with Crippen LogP contribution in [0.25, 0.3) is 0 Å². The molecule has 8 nitrogen and oxygen atoms in total. The number of aryl methyl sites for hydroxylation is 1. The van der Waals surface area contributed by atoms with E-state index in [0.717, 1.165) is 17.7 Å². The van der Waals surface area contributed by atoms with Crippen LogP contribution in [0.1, 0.15) is 15.9 Å². The lowest BCUT2D eigenvalue weighted by molar-refractivity contribution is -0.383. The van der Waals surface area contributed by atoms with Gasteiger partial charge in [-0.1, -0.05) is 23.8 Å². The minimum atomic E-state index is -4.16. The lowest BCUT2D eigenvalue weighted by atomic mass is 10.1. The molecule has 0 radical (unpaired) electrons. The molecule has 0 atom stereocenters. The first-order chi connectivity index (χ1) is 10.7. The summed E-state index contributed by atoms with van der Waals surface area (Å²) in [6.45, 7) is 1.77. The second kappa shape index (κ2) is 6.05. The van der Waals surface area contributed by atoms with E-state index in [2.05, 4.69) is 0 Å². The Hall–Kier alpha value is -2.94. The first kappa shape index (κ1) is 16.4. The highest BCUT2D eigenvalue weighted by Crippen LogP contribution is 2.30. The van der Waals surface area contributed by atoms with Gasteiger partial charge in [0.25, 0.3) is 15.7 Å².